The highest BCUT2D eigenvalue weighted by Gasteiger charge is 2.15. The Bertz CT molecular complexity index is 588. The van der Waals surface area contributed by atoms with E-state index < -0.39 is 0 Å². The number of amides is 1. The van der Waals surface area contributed by atoms with Gasteiger partial charge < -0.3 is 15.2 Å². The van der Waals surface area contributed by atoms with E-state index in [1.165, 1.54) is 12.8 Å². The minimum atomic E-state index is 0.0754. The first-order valence-electron chi connectivity index (χ1n) is 7.43. The molecule has 110 valence electrons. The van der Waals surface area contributed by atoms with Gasteiger partial charge in [0.05, 0.1) is 6.33 Å². The fourth-order valence-electron chi connectivity index (χ4n) is 2.69. The third kappa shape index (κ3) is 3.70. The fraction of sp³-hybridized carbons (Fsp3) is 0.375. The van der Waals surface area contributed by atoms with Crippen LogP contribution in [0.25, 0.3) is 5.69 Å². The molecule has 2 aromatic rings. The van der Waals surface area contributed by atoms with Crippen LogP contribution in [0.3, 0.4) is 0 Å². The van der Waals surface area contributed by atoms with E-state index in [1.54, 1.807) is 12.5 Å². The third-order valence-electron chi connectivity index (χ3n) is 3.81. The van der Waals surface area contributed by atoms with Crippen molar-refractivity contribution in [3.8, 4) is 5.69 Å². The van der Waals surface area contributed by atoms with Crippen molar-refractivity contribution in [2.75, 3.05) is 11.9 Å². The predicted octanol–water partition coefficient (Wildman–Crippen LogP) is 2.34. The van der Waals surface area contributed by atoms with E-state index in [1.807, 2.05) is 35.0 Å². The summed E-state index contributed by atoms with van der Waals surface area (Å²) in [5.74, 6) is 0.0754. The lowest BCUT2D eigenvalue weighted by molar-refractivity contribution is -0.116. The van der Waals surface area contributed by atoms with Gasteiger partial charge >= 0.3 is 0 Å². The Hall–Kier alpha value is -2.14. The van der Waals surface area contributed by atoms with Gasteiger partial charge in [0.25, 0.3) is 0 Å². The van der Waals surface area contributed by atoms with Crippen molar-refractivity contribution in [2.24, 2.45) is 0 Å². The highest BCUT2D eigenvalue weighted by atomic mass is 16.1. The summed E-state index contributed by atoms with van der Waals surface area (Å²) in [5, 5.41) is 6.38. The summed E-state index contributed by atoms with van der Waals surface area (Å²) in [5.41, 5.74) is 1.81. The summed E-state index contributed by atoms with van der Waals surface area (Å²) >= 11 is 0. The van der Waals surface area contributed by atoms with Crippen LogP contribution in [-0.4, -0.2) is 28.0 Å². The fourth-order valence-corrected chi connectivity index (χ4v) is 2.69. The Morgan fingerprint density at radius 3 is 3.19 bits per heavy atom. The zero-order chi connectivity index (χ0) is 14.5. The number of hydrogen-bond donors (Lipinski definition) is 2. The Kier molecular flexibility index (Phi) is 4.31. The molecule has 1 atom stereocenters. The van der Waals surface area contributed by atoms with Crippen molar-refractivity contribution in [3.05, 3.63) is 43.0 Å². The summed E-state index contributed by atoms with van der Waals surface area (Å²) in [6.45, 7) is 1.08. The lowest BCUT2D eigenvalue weighted by atomic mass is 10.1. The first kappa shape index (κ1) is 13.8. The van der Waals surface area contributed by atoms with Crippen molar-refractivity contribution in [1.29, 1.82) is 0 Å². The maximum atomic E-state index is 12.0. The second-order valence-electron chi connectivity index (χ2n) is 5.40. The third-order valence-corrected chi connectivity index (χ3v) is 3.81. The number of imidazole rings is 1. The largest absolute Gasteiger partial charge is 0.326 e. The van der Waals surface area contributed by atoms with Crippen molar-refractivity contribution < 1.29 is 4.79 Å². The van der Waals surface area contributed by atoms with E-state index in [0.29, 0.717) is 12.5 Å². The molecule has 0 aliphatic carbocycles. The smallest absolute Gasteiger partial charge is 0.224 e. The molecule has 1 saturated heterocycles. The van der Waals surface area contributed by atoms with Gasteiger partial charge in [0, 0.05) is 36.2 Å². The van der Waals surface area contributed by atoms with Gasteiger partial charge in [0.1, 0.15) is 0 Å². The van der Waals surface area contributed by atoms with Gasteiger partial charge in [-0.15, -0.1) is 0 Å². The van der Waals surface area contributed by atoms with Crippen LogP contribution in [0.1, 0.15) is 25.7 Å². The molecule has 1 amide bonds. The molecule has 2 heterocycles. The van der Waals surface area contributed by atoms with Crippen molar-refractivity contribution in [2.45, 2.75) is 31.7 Å². The Balaban J connectivity index is 1.56. The second-order valence-corrected chi connectivity index (χ2v) is 5.40. The van der Waals surface area contributed by atoms with Crippen molar-refractivity contribution in [1.82, 2.24) is 14.9 Å². The van der Waals surface area contributed by atoms with Crippen LogP contribution in [0, 0.1) is 0 Å². The average Bonchev–Trinajstić information content (AvgIpc) is 3.19. The van der Waals surface area contributed by atoms with Crippen LogP contribution in [0.15, 0.2) is 43.0 Å². The number of carbonyl (C=O) groups excluding carboxylic acids is 1. The molecule has 0 bridgehead atoms. The standard InChI is InChI=1S/C16H20N4O/c21-16(7-6-13-4-2-8-18-13)19-14-3-1-5-15(11-14)20-10-9-17-12-20/h1,3,5,9-13,18H,2,4,6-8H2,(H,19,21). The molecule has 1 fully saturated rings. The quantitative estimate of drug-likeness (QED) is 0.886. The number of aromatic nitrogens is 2. The van der Waals surface area contributed by atoms with Gasteiger partial charge in [-0.1, -0.05) is 6.07 Å². The number of benzene rings is 1. The van der Waals surface area contributed by atoms with Crippen LogP contribution < -0.4 is 10.6 Å². The predicted molar refractivity (Wildman–Crippen MR) is 82.5 cm³/mol. The van der Waals surface area contributed by atoms with Gasteiger partial charge in [0.15, 0.2) is 0 Å². The Morgan fingerprint density at radius 1 is 1.48 bits per heavy atom. The van der Waals surface area contributed by atoms with Crippen LogP contribution in [0.2, 0.25) is 0 Å². The lowest BCUT2D eigenvalue weighted by Crippen LogP contribution is -2.23. The summed E-state index contributed by atoms with van der Waals surface area (Å²) in [4.78, 5) is 16.0. The highest BCUT2D eigenvalue weighted by Crippen LogP contribution is 2.16. The van der Waals surface area contributed by atoms with E-state index in [9.17, 15) is 4.79 Å². The van der Waals surface area contributed by atoms with E-state index in [-0.39, 0.29) is 5.91 Å². The van der Waals surface area contributed by atoms with Gasteiger partial charge in [-0.3, -0.25) is 4.79 Å². The van der Waals surface area contributed by atoms with E-state index in [2.05, 4.69) is 15.6 Å². The maximum Gasteiger partial charge on any atom is 0.224 e. The van der Waals surface area contributed by atoms with Gasteiger partial charge in [0.2, 0.25) is 5.91 Å². The van der Waals surface area contributed by atoms with Crippen molar-refractivity contribution >= 4 is 11.6 Å². The topological polar surface area (TPSA) is 59.0 Å². The SMILES string of the molecule is O=C(CCC1CCCN1)Nc1cccc(-n2ccnc2)c1. The number of hydrogen-bond acceptors (Lipinski definition) is 3. The lowest BCUT2D eigenvalue weighted by Gasteiger charge is -2.11. The number of anilines is 1. The molecule has 1 aliphatic rings. The molecule has 1 aliphatic heterocycles. The van der Waals surface area contributed by atoms with Crippen LogP contribution in [-0.2, 0) is 4.79 Å². The minimum absolute atomic E-state index is 0.0754. The summed E-state index contributed by atoms with van der Waals surface area (Å²) in [7, 11) is 0. The summed E-state index contributed by atoms with van der Waals surface area (Å²) in [6, 6.07) is 8.29. The Morgan fingerprint density at radius 2 is 2.43 bits per heavy atom. The zero-order valence-corrected chi connectivity index (χ0v) is 12.0. The molecule has 1 aromatic heterocycles. The zero-order valence-electron chi connectivity index (χ0n) is 12.0. The van der Waals surface area contributed by atoms with Crippen LogP contribution in [0.5, 0.6) is 0 Å². The molecule has 1 aromatic carbocycles. The first-order chi connectivity index (χ1) is 10.3. The maximum absolute atomic E-state index is 12.0. The Labute approximate surface area is 124 Å². The van der Waals surface area contributed by atoms with Crippen LogP contribution in [0.4, 0.5) is 5.69 Å². The number of rotatable bonds is 5. The first-order valence-corrected chi connectivity index (χ1v) is 7.43. The molecule has 21 heavy (non-hydrogen) atoms. The van der Waals surface area contributed by atoms with Crippen molar-refractivity contribution in [3.63, 3.8) is 0 Å². The normalized spacial score (nSPS) is 17.8. The molecule has 1 unspecified atom stereocenters. The average molecular weight is 284 g/mol. The van der Waals surface area contributed by atoms with Gasteiger partial charge in [-0.05, 0) is 44.0 Å². The van der Waals surface area contributed by atoms with Crippen LogP contribution >= 0.6 is 0 Å². The minimum Gasteiger partial charge on any atom is -0.326 e. The molecule has 3 rings (SSSR count). The molecule has 2 N–H and O–H groups in total. The van der Waals surface area contributed by atoms with E-state index >= 15 is 0 Å². The van der Waals surface area contributed by atoms with E-state index in [4.69, 9.17) is 0 Å². The second kappa shape index (κ2) is 6.54. The molecular formula is C16H20N4O. The number of nitrogens with one attached hydrogen (secondary N) is 2. The molecule has 5 nitrogen and oxygen atoms in total. The highest BCUT2D eigenvalue weighted by molar-refractivity contribution is 5.90. The molecule has 0 radical (unpaired) electrons. The van der Waals surface area contributed by atoms with Gasteiger partial charge in [-0.2, -0.15) is 0 Å². The number of nitrogens with zero attached hydrogens (tertiary/aromatic N) is 2. The molecule has 5 heteroatoms. The van der Waals surface area contributed by atoms with E-state index in [0.717, 1.165) is 24.3 Å². The summed E-state index contributed by atoms with van der Waals surface area (Å²) < 4.78 is 1.91. The molecule has 0 spiro atoms. The monoisotopic (exact) mass is 284 g/mol. The molecule has 0 saturated carbocycles. The molecular weight excluding hydrogens is 264 g/mol. The summed E-state index contributed by atoms with van der Waals surface area (Å²) in [6.07, 6.45) is 9.24. The van der Waals surface area contributed by atoms with Gasteiger partial charge in [-0.25, -0.2) is 4.98 Å². The number of carbonyl (C=O) groups is 1.